The molecule has 0 amide bonds. The quantitative estimate of drug-likeness (QED) is 0.791. The maximum atomic E-state index is 5.86. The van der Waals surface area contributed by atoms with Gasteiger partial charge >= 0.3 is 6.01 Å². The second-order valence-electron chi connectivity index (χ2n) is 4.18. The van der Waals surface area contributed by atoms with Gasteiger partial charge in [-0.2, -0.15) is 15.0 Å². The molecular weight excluding hydrogens is 310 g/mol. The first-order chi connectivity index (χ1) is 10.1. The van der Waals surface area contributed by atoms with E-state index in [9.17, 15) is 0 Å². The number of halogens is 1. The van der Waals surface area contributed by atoms with Gasteiger partial charge in [-0.15, -0.1) is 11.3 Å². The van der Waals surface area contributed by atoms with Gasteiger partial charge in [-0.25, -0.2) is 4.98 Å². The van der Waals surface area contributed by atoms with Gasteiger partial charge in [0, 0.05) is 5.69 Å². The van der Waals surface area contributed by atoms with Crippen LogP contribution in [0.25, 0.3) is 10.2 Å². The first-order valence-corrected chi connectivity index (χ1v) is 7.52. The van der Waals surface area contributed by atoms with Crippen LogP contribution in [0.4, 0.5) is 11.6 Å². The molecule has 0 saturated carbocycles. The molecule has 1 aromatic carbocycles. The molecule has 0 atom stereocenters. The summed E-state index contributed by atoms with van der Waals surface area (Å²) in [6, 6.07) is 6.07. The van der Waals surface area contributed by atoms with Crippen LogP contribution >= 0.6 is 22.9 Å². The van der Waals surface area contributed by atoms with E-state index in [-0.39, 0.29) is 11.3 Å². The highest BCUT2D eigenvalue weighted by molar-refractivity contribution is 7.18. The van der Waals surface area contributed by atoms with Gasteiger partial charge in [-0.3, -0.25) is 0 Å². The van der Waals surface area contributed by atoms with Crippen molar-refractivity contribution in [1.82, 2.24) is 19.9 Å². The molecule has 1 N–H and O–H groups in total. The number of nitrogens with zero attached hydrogens (tertiary/aromatic N) is 4. The second-order valence-corrected chi connectivity index (χ2v) is 5.76. The summed E-state index contributed by atoms with van der Waals surface area (Å²) in [6.07, 6.45) is 0. The van der Waals surface area contributed by atoms with Crippen LogP contribution in [0.3, 0.4) is 0 Å². The zero-order valence-electron chi connectivity index (χ0n) is 11.4. The summed E-state index contributed by atoms with van der Waals surface area (Å²) in [4.78, 5) is 16.5. The zero-order chi connectivity index (χ0) is 14.8. The molecule has 0 bridgehead atoms. The van der Waals surface area contributed by atoms with E-state index in [2.05, 4.69) is 25.3 Å². The molecule has 0 radical (unpaired) electrons. The molecule has 6 nitrogen and oxygen atoms in total. The van der Waals surface area contributed by atoms with Gasteiger partial charge in [0.1, 0.15) is 0 Å². The lowest BCUT2D eigenvalue weighted by Crippen LogP contribution is -2.03. The van der Waals surface area contributed by atoms with Gasteiger partial charge in [0.05, 0.1) is 21.8 Å². The van der Waals surface area contributed by atoms with E-state index < -0.39 is 0 Å². The summed E-state index contributed by atoms with van der Waals surface area (Å²) in [5.74, 6) is 0.346. The predicted octanol–water partition coefficient (Wildman–Crippen LogP) is 3.59. The Morgan fingerprint density at radius 2 is 2.10 bits per heavy atom. The zero-order valence-corrected chi connectivity index (χ0v) is 13.0. The fraction of sp³-hybridized carbons (Fsp3) is 0.231. The van der Waals surface area contributed by atoms with Crippen molar-refractivity contribution in [2.45, 2.75) is 13.8 Å². The fourth-order valence-electron chi connectivity index (χ4n) is 1.83. The number of fused-ring (bicyclic) bond motifs is 1. The minimum absolute atomic E-state index is 0.0886. The molecule has 0 saturated heterocycles. The minimum Gasteiger partial charge on any atom is -0.464 e. The molecule has 0 aliphatic heterocycles. The van der Waals surface area contributed by atoms with E-state index in [1.54, 1.807) is 11.3 Å². The molecule has 3 rings (SSSR count). The lowest BCUT2D eigenvalue weighted by Gasteiger charge is -2.06. The molecule has 0 fully saturated rings. The van der Waals surface area contributed by atoms with Gasteiger partial charge in [-0.05, 0) is 43.6 Å². The normalized spacial score (nSPS) is 10.8. The average molecular weight is 322 g/mol. The van der Waals surface area contributed by atoms with Crippen LogP contribution in [0, 0.1) is 6.92 Å². The van der Waals surface area contributed by atoms with E-state index in [1.807, 2.05) is 32.0 Å². The number of hydrogen-bond acceptors (Lipinski definition) is 7. The van der Waals surface area contributed by atoms with Crippen molar-refractivity contribution < 1.29 is 4.74 Å². The molecule has 3 aromatic rings. The molecule has 21 heavy (non-hydrogen) atoms. The van der Waals surface area contributed by atoms with Crippen LogP contribution in [-0.4, -0.2) is 26.5 Å². The molecule has 0 aliphatic carbocycles. The SMILES string of the molecule is CCOc1nc(Cl)nc(Nc2ccc3nc(C)sc3c2)n1. The summed E-state index contributed by atoms with van der Waals surface area (Å²) < 4.78 is 6.34. The standard InChI is InChI=1S/C13H12ClN5OS/c1-3-20-13-18-11(14)17-12(19-13)16-8-4-5-9-10(6-8)21-7(2)15-9/h4-6H,3H2,1-2H3,(H,16,17,18,19). The fourth-order valence-corrected chi connectivity index (χ4v) is 2.85. The summed E-state index contributed by atoms with van der Waals surface area (Å²) in [5, 5.41) is 4.22. The van der Waals surface area contributed by atoms with Crippen molar-refractivity contribution in [3.63, 3.8) is 0 Å². The predicted molar refractivity (Wildman–Crippen MR) is 83.6 cm³/mol. The Morgan fingerprint density at radius 1 is 1.24 bits per heavy atom. The Bertz CT molecular complexity index is 791. The van der Waals surface area contributed by atoms with Crippen LogP contribution in [0.2, 0.25) is 5.28 Å². The Balaban J connectivity index is 1.90. The number of ether oxygens (including phenoxy) is 1. The lowest BCUT2D eigenvalue weighted by atomic mass is 10.3. The van der Waals surface area contributed by atoms with E-state index in [0.29, 0.717) is 12.6 Å². The second kappa shape index (κ2) is 5.79. The van der Waals surface area contributed by atoms with Crippen molar-refractivity contribution >= 4 is 44.8 Å². The monoisotopic (exact) mass is 321 g/mol. The van der Waals surface area contributed by atoms with Crippen LogP contribution in [0.15, 0.2) is 18.2 Å². The molecule has 2 heterocycles. The van der Waals surface area contributed by atoms with Crippen LogP contribution in [0.1, 0.15) is 11.9 Å². The first-order valence-electron chi connectivity index (χ1n) is 6.32. The van der Waals surface area contributed by atoms with Gasteiger partial charge in [0.15, 0.2) is 0 Å². The number of aryl methyl sites for hydroxylation is 1. The number of benzene rings is 1. The third-order valence-corrected chi connectivity index (χ3v) is 3.72. The maximum absolute atomic E-state index is 5.86. The number of anilines is 2. The third-order valence-electron chi connectivity index (χ3n) is 2.61. The number of aromatic nitrogens is 4. The molecule has 2 aromatic heterocycles. The largest absolute Gasteiger partial charge is 0.464 e. The highest BCUT2D eigenvalue weighted by atomic mass is 35.5. The molecule has 0 aliphatic rings. The number of nitrogens with one attached hydrogen (secondary N) is 1. The smallest absolute Gasteiger partial charge is 0.322 e. The minimum atomic E-state index is 0.0886. The molecular formula is C13H12ClN5OS. The summed E-state index contributed by atoms with van der Waals surface area (Å²) in [6.45, 7) is 4.30. The van der Waals surface area contributed by atoms with E-state index in [4.69, 9.17) is 16.3 Å². The molecule has 108 valence electrons. The Morgan fingerprint density at radius 3 is 2.90 bits per heavy atom. The topological polar surface area (TPSA) is 72.8 Å². The van der Waals surface area contributed by atoms with Gasteiger partial charge in [-0.1, -0.05) is 0 Å². The molecule has 8 heteroatoms. The van der Waals surface area contributed by atoms with Crippen molar-refractivity contribution in [3.8, 4) is 6.01 Å². The van der Waals surface area contributed by atoms with Crippen molar-refractivity contribution in [1.29, 1.82) is 0 Å². The van der Waals surface area contributed by atoms with Crippen LogP contribution in [-0.2, 0) is 0 Å². The van der Waals surface area contributed by atoms with Gasteiger partial charge in [0.2, 0.25) is 11.2 Å². The first kappa shape index (κ1) is 14.0. The van der Waals surface area contributed by atoms with Crippen LogP contribution in [0.5, 0.6) is 6.01 Å². The Hall–Kier alpha value is -1.99. The molecule has 0 spiro atoms. The van der Waals surface area contributed by atoms with E-state index >= 15 is 0 Å². The van der Waals surface area contributed by atoms with Crippen molar-refractivity contribution in [2.75, 3.05) is 11.9 Å². The third kappa shape index (κ3) is 3.20. The number of rotatable bonds is 4. The summed E-state index contributed by atoms with van der Waals surface area (Å²) in [7, 11) is 0. The van der Waals surface area contributed by atoms with E-state index in [0.717, 1.165) is 20.9 Å². The Kier molecular flexibility index (Phi) is 3.85. The Labute approximate surface area is 130 Å². The highest BCUT2D eigenvalue weighted by Crippen LogP contribution is 2.26. The highest BCUT2D eigenvalue weighted by Gasteiger charge is 2.07. The average Bonchev–Trinajstić information content (AvgIpc) is 2.77. The van der Waals surface area contributed by atoms with Crippen molar-refractivity contribution in [2.24, 2.45) is 0 Å². The number of thiazole rings is 1. The maximum Gasteiger partial charge on any atom is 0.322 e. The lowest BCUT2D eigenvalue weighted by molar-refractivity contribution is 0.312. The summed E-state index contributed by atoms with van der Waals surface area (Å²) >= 11 is 7.50. The summed E-state index contributed by atoms with van der Waals surface area (Å²) in [5.41, 5.74) is 1.84. The molecule has 0 unspecified atom stereocenters. The van der Waals surface area contributed by atoms with E-state index in [1.165, 1.54) is 0 Å². The van der Waals surface area contributed by atoms with Crippen molar-refractivity contribution in [3.05, 3.63) is 28.5 Å². The number of hydrogen-bond donors (Lipinski definition) is 1. The van der Waals surface area contributed by atoms with Gasteiger partial charge < -0.3 is 10.1 Å². The van der Waals surface area contributed by atoms with Gasteiger partial charge in [0.25, 0.3) is 0 Å². The van der Waals surface area contributed by atoms with Crippen LogP contribution < -0.4 is 10.1 Å².